The Morgan fingerprint density at radius 2 is 1.72 bits per heavy atom. The number of anilines is 1. The molecule has 3 aromatic carbocycles. The predicted octanol–water partition coefficient (Wildman–Crippen LogP) is 4.14. The fourth-order valence-corrected chi connectivity index (χ4v) is 5.48. The lowest BCUT2D eigenvalue weighted by atomic mass is 10.1. The van der Waals surface area contributed by atoms with Crippen molar-refractivity contribution in [1.29, 1.82) is 0 Å². The molecule has 0 spiro atoms. The Kier molecular flexibility index (Phi) is 7.70. The lowest BCUT2D eigenvalue weighted by molar-refractivity contribution is -0.123. The summed E-state index contributed by atoms with van der Waals surface area (Å²) >= 11 is 1.23. The third-order valence-electron chi connectivity index (χ3n) is 5.78. The van der Waals surface area contributed by atoms with Crippen molar-refractivity contribution >= 4 is 42.4 Å². The van der Waals surface area contributed by atoms with Gasteiger partial charge in [-0.1, -0.05) is 48.6 Å². The number of aliphatic hydroxyl groups is 2. The molecule has 1 atom stereocenters. The van der Waals surface area contributed by atoms with Crippen LogP contribution >= 0.6 is 11.3 Å². The van der Waals surface area contributed by atoms with E-state index in [1.54, 1.807) is 43.3 Å². The first-order chi connectivity index (χ1) is 17.2. The van der Waals surface area contributed by atoms with Crippen molar-refractivity contribution in [3.8, 4) is 5.75 Å². The molecule has 4 aromatic rings. The highest BCUT2D eigenvalue weighted by atomic mass is 32.2. The summed E-state index contributed by atoms with van der Waals surface area (Å²) in [6.07, 6.45) is -1.07. The van der Waals surface area contributed by atoms with Crippen LogP contribution in [-0.2, 0) is 27.8 Å². The maximum atomic E-state index is 13.4. The normalized spacial score (nSPS) is 12.4. The summed E-state index contributed by atoms with van der Waals surface area (Å²) < 4.78 is 31.3. The van der Waals surface area contributed by atoms with Crippen LogP contribution in [0.1, 0.15) is 35.3 Å². The number of fused-ring (bicyclic) bond motifs is 1. The Hall–Kier alpha value is -3.31. The predicted molar refractivity (Wildman–Crippen MR) is 139 cm³/mol. The minimum absolute atomic E-state index is 0.0242. The highest BCUT2D eigenvalue weighted by molar-refractivity contribution is 7.91. The number of aryl methyl sites for hydroxylation is 1. The van der Waals surface area contributed by atoms with Crippen molar-refractivity contribution in [3.63, 3.8) is 0 Å². The number of ether oxygens (including phenoxy) is 1. The summed E-state index contributed by atoms with van der Waals surface area (Å²) in [5.41, 5.74) is 3.07. The van der Waals surface area contributed by atoms with Gasteiger partial charge in [0.15, 0.2) is 15.0 Å². The molecule has 36 heavy (non-hydrogen) atoms. The highest BCUT2D eigenvalue weighted by Gasteiger charge is 2.25. The van der Waals surface area contributed by atoms with Gasteiger partial charge in [0.25, 0.3) is 5.91 Å². The topological polar surface area (TPSA) is 126 Å². The van der Waals surface area contributed by atoms with E-state index in [4.69, 9.17) is 4.74 Å². The molecule has 0 fully saturated rings. The number of nitrogens with zero attached hydrogens (tertiary/aromatic N) is 1. The van der Waals surface area contributed by atoms with Crippen LogP contribution in [0.3, 0.4) is 0 Å². The highest BCUT2D eigenvalue weighted by Crippen LogP contribution is 2.31. The van der Waals surface area contributed by atoms with Gasteiger partial charge in [0.2, 0.25) is 6.10 Å². The van der Waals surface area contributed by atoms with Crippen LogP contribution in [0.5, 0.6) is 5.75 Å². The molecule has 4 rings (SSSR count). The van der Waals surface area contributed by atoms with Crippen LogP contribution in [0.2, 0.25) is 0 Å². The van der Waals surface area contributed by atoms with E-state index in [0.717, 1.165) is 10.3 Å². The van der Waals surface area contributed by atoms with Crippen LogP contribution in [0, 0.1) is 6.92 Å². The van der Waals surface area contributed by atoms with Gasteiger partial charge in [-0.3, -0.25) is 10.1 Å². The summed E-state index contributed by atoms with van der Waals surface area (Å²) in [6, 6.07) is 16.8. The van der Waals surface area contributed by atoms with Gasteiger partial charge in [0, 0.05) is 5.56 Å². The Balaban J connectivity index is 1.67. The van der Waals surface area contributed by atoms with Gasteiger partial charge >= 0.3 is 0 Å². The molecule has 0 saturated carbocycles. The van der Waals surface area contributed by atoms with Crippen LogP contribution in [0.25, 0.3) is 10.2 Å². The SMILES string of the molecule is CCS(=O)(=O)c1ccc(C(Oc2ccccc2C)C(=O)Nc2nc3cc(CO)c(CO)cc3s2)cc1. The Bertz CT molecular complexity index is 1460. The zero-order valence-corrected chi connectivity index (χ0v) is 21.4. The quantitative estimate of drug-likeness (QED) is 0.299. The Morgan fingerprint density at radius 1 is 1.06 bits per heavy atom. The second-order valence-corrected chi connectivity index (χ2v) is 11.5. The van der Waals surface area contributed by atoms with E-state index in [1.807, 2.05) is 19.1 Å². The van der Waals surface area contributed by atoms with Crippen LogP contribution in [0.15, 0.2) is 65.6 Å². The molecule has 0 bridgehead atoms. The molecule has 1 aromatic heterocycles. The smallest absolute Gasteiger partial charge is 0.271 e. The van der Waals surface area contributed by atoms with Crippen molar-refractivity contribution in [2.24, 2.45) is 0 Å². The summed E-state index contributed by atoms with van der Waals surface area (Å²) in [7, 11) is -3.39. The average Bonchev–Trinajstić information content (AvgIpc) is 3.28. The number of hydrogen-bond donors (Lipinski definition) is 3. The zero-order chi connectivity index (χ0) is 25.9. The fraction of sp³-hybridized carbons (Fsp3) is 0.231. The van der Waals surface area contributed by atoms with Crippen LogP contribution < -0.4 is 10.1 Å². The molecular formula is C26H26N2O6S2. The minimum atomic E-state index is -3.39. The second kappa shape index (κ2) is 10.8. The number of aliphatic hydroxyl groups excluding tert-OH is 2. The Morgan fingerprint density at radius 3 is 2.36 bits per heavy atom. The second-order valence-electron chi connectivity index (χ2n) is 8.15. The molecule has 0 aliphatic heterocycles. The number of rotatable bonds is 9. The van der Waals surface area contributed by atoms with Gasteiger partial charge in [-0.2, -0.15) is 0 Å². The molecule has 10 heteroatoms. The lowest BCUT2D eigenvalue weighted by Gasteiger charge is -2.20. The monoisotopic (exact) mass is 526 g/mol. The molecule has 188 valence electrons. The number of para-hydroxylation sites is 1. The van der Waals surface area contributed by atoms with Gasteiger partial charge in [0.1, 0.15) is 5.75 Å². The molecule has 8 nitrogen and oxygen atoms in total. The van der Waals surface area contributed by atoms with Crippen molar-refractivity contribution < 1.29 is 28.2 Å². The molecule has 1 unspecified atom stereocenters. The van der Waals surface area contributed by atoms with Crippen molar-refractivity contribution in [1.82, 2.24) is 4.98 Å². The van der Waals surface area contributed by atoms with Gasteiger partial charge < -0.3 is 14.9 Å². The number of amides is 1. The van der Waals surface area contributed by atoms with Crippen molar-refractivity contribution in [2.45, 2.75) is 38.1 Å². The van der Waals surface area contributed by atoms with Crippen LogP contribution in [0.4, 0.5) is 5.13 Å². The lowest BCUT2D eigenvalue weighted by Crippen LogP contribution is -2.26. The molecule has 0 radical (unpaired) electrons. The molecule has 0 saturated heterocycles. The number of aromatic nitrogens is 1. The van der Waals surface area contributed by atoms with Crippen LogP contribution in [-0.4, -0.2) is 35.3 Å². The van der Waals surface area contributed by atoms with Gasteiger partial charge in [-0.05, 0) is 53.9 Å². The largest absolute Gasteiger partial charge is 0.476 e. The van der Waals surface area contributed by atoms with Gasteiger partial charge in [-0.25, -0.2) is 13.4 Å². The number of carbonyl (C=O) groups is 1. The number of benzene rings is 3. The van der Waals surface area contributed by atoms with Crippen molar-refractivity contribution in [3.05, 3.63) is 82.9 Å². The van der Waals surface area contributed by atoms with E-state index < -0.39 is 21.8 Å². The number of sulfone groups is 1. The van der Waals surface area contributed by atoms with Crippen molar-refractivity contribution in [2.75, 3.05) is 11.1 Å². The zero-order valence-electron chi connectivity index (χ0n) is 19.8. The first kappa shape index (κ1) is 25.8. The number of thiazole rings is 1. The first-order valence-electron chi connectivity index (χ1n) is 11.3. The van der Waals surface area contributed by atoms with E-state index in [0.29, 0.717) is 33.1 Å². The summed E-state index contributed by atoms with van der Waals surface area (Å²) in [6.45, 7) is 2.99. The summed E-state index contributed by atoms with van der Waals surface area (Å²) in [4.78, 5) is 18.1. The van der Waals surface area contributed by atoms with E-state index in [9.17, 15) is 23.4 Å². The van der Waals surface area contributed by atoms with E-state index in [2.05, 4.69) is 10.3 Å². The molecule has 0 aliphatic rings. The fourth-order valence-electron chi connectivity index (χ4n) is 3.68. The number of nitrogens with one attached hydrogen (secondary N) is 1. The average molecular weight is 527 g/mol. The third-order valence-corrected chi connectivity index (χ3v) is 8.46. The molecule has 0 aliphatic carbocycles. The molecule has 3 N–H and O–H groups in total. The number of carbonyl (C=O) groups excluding carboxylic acids is 1. The summed E-state index contributed by atoms with van der Waals surface area (Å²) in [5.74, 6) is 0.0179. The minimum Gasteiger partial charge on any atom is -0.476 e. The molecule has 1 heterocycles. The van der Waals surface area contributed by atoms with E-state index in [-0.39, 0.29) is 23.9 Å². The maximum Gasteiger partial charge on any atom is 0.271 e. The van der Waals surface area contributed by atoms with E-state index in [1.165, 1.54) is 23.5 Å². The molecule has 1 amide bonds. The number of hydrogen-bond acceptors (Lipinski definition) is 8. The first-order valence-corrected chi connectivity index (χ1v) is 13.7. The van der Waals surface area contributed by atoms with Gasteiger partial charge in [-0.15, -0.1) is 0 Å². The standard InChI is InChI=1S/C26H26N2O6S2/c1-3-36(32,33)20-10-8-17(9-11-20)24(34-22-7-5-4-6-16(22)2)25(31)28-26-27-21-12-18(14-29)19(15-30)13-23(21)35-26/h4-13,24,29-30H,3,14-15H2,1-2H3,(H,27,28,31). The van der Waals surface area contributed by atoms with E-state index >= 15 is 0 Å². The summed E-state index contributed by atoms with van der Waals surface area (Å²) in [5, 5.41) is 22.2. The van der Waals surface area contributed by atoms with Gasteiger partial charge in [0.05, 0.1) is 34.1 Å². The Labute approximate surface area is 213 Å². The molecular weight excluding hydrogens is 500 g/mol. The third kappa shape index (κ3) is 5.41. The maximum absolute atomic E-state index is 13.4.